The van der Waals surface area contributed by atoms with Crippen LogP contribution in [0.2, 0.25) is 0 Å². The summed E-state index contributed by atoms with van der Waals surface area (Å²) in [5.41, 5.74) is 6.05. The molecule has 0 heterocycles. The minimum Gasteiger partial charge on any atom is -0.466 e. The average Bonchev–Trinajstić information content (AvgIpc) is 2.73. The predicted molar refractivity (Wildman–Crippen MR) is 111 cm³/mol. The van der Waals surface area contributed by atoms with Crippen LogP contribution in [0.4, 0.5) is 0 Å². The molecule has 3 N–H and O–H groups in total. The zero-order valence-corrected chi connectivity index (χ0v) is 17.1. The molecular weight excluding hydrogens is 368 g/mol. The van der Waals surface area contributed by atoms with Gasteiger partial charge in [0.1, 0.15) is 6.04 Å². The van der Waals surface area contributed by atoms with Gasteiger partial charge in [-0.3, -0.25) is 14.4 Å². The molecule has 6 nitrogen and oxygen atoms in total. The highest BCUT2D eigenvalue weighted by molar-refractivity contribution is 5.95. The molecule has 0 saturated carbocycles. The number of carbonyl (C=O) groups is 3. The van der Waals surface area contributed by atoms with Crippen LogP contribution < -0.4 is 11.1 Å². The quantitative estimate of drug-likeness (QED) is 0.637. The second-order valence-electron chi connectivity index (χ2n) is 7.17. The molecular formula is C23H28N2O4. The van der Waals surface area contributed by atoms with Crippen molar-refractivity contribution in [2.24, 2.45) is 11.7 Å². The third-order valence-electron chi connectivity index (χ3n) is 5.08. The second kappa shape index (κ2) is 9.87. The second-order valence-corrected chi connectivity index (χ2v) is 7.17. The molecule has 0 aliphatic heterocycles. The molecule has 0 unspecified atom stereocenters. The number of hydrogen-bond acceptors (Lipinski definition) is 4. The van der Waals surface area contributed by atoms with Crippen molar-refractivity contribution < 1.29 is 19.1 Å². The summed E-state index contributed by atoms with van der Waals surface area (Å²) in [6, 6.07) is 17.7. The number of nitrogens with two attached hydrogens (primary N) is 1. The Balaban J connectivity index is 2.33. The highest BCUT2D eigenvalue weighted by Gasteiger charge is 2.39. The molecule has 0 radical (unpaired) electrons. The maximum atomic E-state index is 13.4. The number of rotatable bonds is 9. The number of hydrogen-bond donors (Lipinski definition) is 2. The van der Waals surface area contributed by atoms with Crippen molar-refractivity contribution in [3.05, 3.63) is 71.8 Å². The SMILES string of the molecule is CCOC(=O)[C@H](C)C[C@H](NC(=O)C(C)(c1ccccc1)c1ccccc1)C(N)=O. The topological polar surface area (TPSA) is 98.5 Å². The number of nitrogens with one attached hydrogen (secondary N) is 1. The minimum atomic E-state index is -1.04. The Bertz CT molecular complexity index is 797. The Morgan fingerprint density at radius 3 is 1.90 bits per heavy atom. The number of esters is 1. The molecule has 2 aromatic carbocycles. The lowest BCUT2D eigenvalue weighted by Gasteiger charge is -2.31. The van der Waals surface area contributed by atoms with E-state index in [0.717, 1.165) is 11.1 Å². The van der Waals surface area contributed by atoms with Gasteiger partial charge < -0.3 is 15.8 Å². The summed E-state index contributed by atoms with van der Waals surface area (Å²) in [7, 11) is 0. The van der Waals surface area contributed by atoms with Gasteiger partial charge in [-0.2, -0.15) is 0 Å². The highest BCUT2D eigenvalue weighted by Crippen LogP contribution is 2.32. The Kier molecular flexibility index (Phi) is 7.53. The maximum Gasteiger partial charge on any atom is 0.308 e. The molecule has 0 bridgehead atoms. The van der Waals surface area contributed by atoms with E-state index < -0.39 is 29.3 Å². The van der Waals surface area contributed by atoms with Crippen molar-refractivity contribution in [3.8, 4) is 0 Å². The number of primary amides is 1. The summed E-state index contributed by atoms with van der Waals surface area (Å²) >= 11 is 0. The molecule has 29 heavy (non-hydrogen) atoms. The summed E-state index contributed by atoms with van der Waals surface area (Å²) in [5, 5.41) is 2.76. The van der Waals surface area contributed by atoms with Gasteiger partial charge in [-0.05, 0) is 31.4 Å². The number of carbonyl (C=O) groups excluding carboxylic acids is 3. The smallest absolute Gasteiger partial charge is 0.308 e. The van der Waals surface area contributed by atoms with Crippen LogP contribution in [-0.4, -0.2) is 30.4 Å². The van der Waals surface area contributed by atoms with Gasteiger partial charge in [-0.25, -0.2) is 0 Å². The fraction of sp³-hybridized carbons (Fsp3) is 0.348. The van der Waals surface area contributed by atoms with Crippen LogP contribution in [0.3, 0.4) is 0 Å². The lowest BCUT2D eigenvalue weighted by atomic mass is 9.75. The Labute approximate surface area is 171 Å². The third kappa shape index (κ3) is 5.22. The molecule has 2 amide bonds. The molecule has 154 valence electrons. The molecule has 0 saturated heterocycles. The Morgan fingerprint density at radius 2 is 1.48 bits per heavy atom. The van der Waals surface area contributed by atoms with Crippen LogP contribution in [0.15, 0.2) is 60.7 Å². The van der Waals surface area contributed by atoms with Crippen LogP contribution >= 0.6 is 0 Å². The normalized spacial score (nSPS) is 13.2. The third-order valence-corrected chi connectivity index (χ3v) is 5.08. The van der Waals surface area contributed by atoms with Crippen molar-refractivity contribution >= 4 is 17.8 Å². The fourth-order valence-corrected chi connectivity index (χ4v) is 3.25. The van der Waals surface area contributed by atoms with E-state index in [9.17, 15) is 14.4 Å². The first kappa shape index (κ1) is 22.1. The molecule has 0 fully saturated rings. The molecule has 2 rings (SSSR count). The van der Waals surface area contributed by atoms with Gasteiger partial charge in [0.25, 0.3) is 0 Å². The molecule has 0 aliphatic rings. The minimum absolute atomic E-state index is 0.0690. The van der Waals surface area contributed by atoms with Crippen molar-refractivity contribution in [3.63, 3.8) is 0 Å². The zero-order chi connectivity index (χ0) is 21.4. The average molecular weight is 396 g/mol. The largest absolute Gasteiger partial charge is 0.466 e. The molecule has 0 spiro atoms. The van der Waals surface area contributed by atoms with E-state index in [0.29, 0.717) is 0 Å². The van der Waals surface area contributed by atoms with Gasteiger partial charge in [0.2, 0.25) is 11.8 Å². The van der Waals surface area contributed by atoms with E-state index in [-0.39, 0.29) is 18.9 Å². The lowest BCUT2D eigenvalue weighted by Crippen LogP contribution is -2.52. The lowest BCUT2D eigenvalue weighted by molar-refractivity contribution is -0.148. The highest BCUT2D eigenvalue weighted by atomic mass is 16.5. The van der Waals surface area contributed by atoms with Gasteiger partial charge in [0, 0.05) is 0 Å². The molecule has 0 aliphatic carbocycles. The van der Waals surface area contributed by atoms with Gasteiger partial charge in [-0.15, -0.1) is 0 Å². The first-order valence-corrected chi connectivity index (χ1v) is 9.68. The van der Waals surface area contributed by atoms with Gasteiger partial charge in [0.15, 0.2) is 0 Å². The summed E-state index contributed by atoms with van der Waals surface area (Å²) in [6.45, 7) is 5.41. The number of ether oxygens (including phenoxy) is 1. The van der Waals surface area contributed by atoms with E-state index in [2.05, 4.69) is 5.32 Å². The van der Waals surface area contributed by atoms with Crippen LogP contribution in [0.25, 0.3) is 0 Å². The molecule has 2 atom stereocenters. The van der Waals surface area contributed by atoms with Gasteiger partial charge in [0.05, 0.1) is 17.9 Å². The van der Waals surface area contributed by atoms with Crippen LogP contribution in [0.5, 0.6) is 0 Å². The summed E-state index contributed by atoms with van der Waals surface area (Å²) in [5.74, 6) is -2.07. The van der Waals surface area contributed by atoms with E-state index in [1.54, 1.807) is 20.8 Å². The molecule has 2 aromatic rings. The summed E-state index contributed by atoms with van der Waals surface area (Å²) < 4.78 is 4.99. The van der Waals surface area contributed by atoms with Crippen molar-refractivity contribution in [2.75, 3.05) is 6.61 Å². The van der Waals surface area contributed by atoms with Gasteiger partial charge >= 0.3 is 5.97 Å². The van der Waals surface area contributed by atoms with Crippen molar-refractivity contribution in [1.82, 2.24) is 5.32 Å². The van der Waals surface area contributed by atoms with E-state index in [1.165, 1.54) is 0 Å². The van der Waals surface area contributed by atoms with Crippen molar-refractivity contribution in [1.29, 1.82) is 0 Å². The number of benzene rings is 2. The number of amides is 2. The summed E-state index contributed by atoms with van der Waals surface area (Å²) in [6.07, 6.45) is 0.0690. The summed E-state index contributed by atoms with van der Waals surface area (Å²) in [4.78, 5) is 37.4. The first-order valence-electron chi connectivity index (χ1n) is 9.68. The van der Waals surface area contributed by atoms with E-state index >= 15 is 0 Å². The van der Waals surface area contributed by atoms with Crippen LogP contribution in [-0.2, 0) is 24.5 Å². The predicted octanol–water partition coefficient (Wildman–Crippen LogP) is 2.55. The first-order chi connectivity index (χ1) is 13.8. The Morgan fingerprint density at radius 1 is 1.00 bits per heavy atom. The maximum absolute atomic E-state index is 13.4. The zero-order valence-electron chi connectivity index (χ0n) is 17.1. The van der Waals surface area contributed by atoms with Crippen molar-refractivity contribution in [2.45, 2.75) is 38.6 Å². The van der Waals surface area contributed by atoms with E-state index in [4.69, 9.17) is 10.5 Å². The fourth-order valence-electron chi connectivity index (χ4n) is 3.25. The van der Waals surface area contributed by atoms with Crippen LogP contribution in [0, 0.1) is 5.92 Å². The monoisotopic (exact) mass is 396 g/mol. The van der Waals surface area contributed by atoms with E-state index in [1.807, 2.05) is 60.7 Å². The Hall–Kier alpha value is -3.15. The molecule has 6 heteroatoms. The standard InChI is InChI=1S/C23H28N2O4/c1-4-29-21(27)16(2)15-19(20(24)26)25-22(28)23(3,17-11-7-5-8-12-17)18-13-9-6-10-14-18/h5-14,16,19H,4,15H2,1-3H3,(H2,24,26)(H,25,28)/t16-,19+/m1/s1. The molecule has 0 aromatic heterocycles. The van der Waals surface area contributed by atoms with Crippen LogP contribution in [0.1, 0.15) is 38.3 Å². The van der Waals surface area contributed by atoms with Gasteiger partial charge in [-0.1, -0.05) is 67.6 Å².